The first-order valence-corrected chi connectivity index (χ1v) is 8.18. The molecule has 0 bridgehead atoms. The Morgan fingerprint density at radius 2 is 2.00 bits per heavy atom. The Morgan fingerprint density at radius 3 is 2.65 bits per heavy atom. The predicted molar refractivity (Wildman–Crippen MR) is 85.8 cm³/mol. The van der Waals surface area contributed by atoms with E-state index in [2.05, 4.69) is 44.0 Å². The molecule has 0 radical (unpaired) electrons. The molecule has 0 aromatic carbocycles. The maximum atomic E-state index is 5.70. The SMILES string of the molecule is CCCCCN(Cc1cc(CNCCC)co1)C(C)C. The van der Waals surface area contributed by atoms with Crippen molar-refractivity contribution in [2.24, 2.45) is 0 Å². The molecule has 0 amide bonds. The van der Waals surface area contributed by atoms with Gasteiger partial charge in [-0.25, -0.2) is 0 Å². The summed E-state index contributed by atoms with van der Waals surface area (Å²) in [6.07, 6.45) is 6.93. The van der Waals surface area contributed by atoms with Crippen LogP contribution in [0.2, 0.25) is 0 Å². The smallest absolute Gasteiger partial charge is 0.118 e. The van der Waals surface area contributed by atoms with E-state index in [4.69, 9.17) is 4.42 Å². The molecule has 1 heterocycles. The molecular formula is C17H32N2O. The molecule has 1 aromatic heterocycles. The lowest BCUT2D eigenvalue weighted by Gasteiger charge is -2.25. The van der Waals surface area contributed by atoms with Crippen LogP contribution in [-0.4, -0.2) is 24.0 Å². The summed E-state index contributed by atoms with van der Waals surface area (Å²) in [5.41, 5.74) is 1.26. The molecule has 0 unspecified atom stereocenters. The van der Waals surface area contributed by atoms with Gasteiger partial charge in [0.15, 0.2) is 0 Å². The lowest BCUT2D eigenvalue weighted by molar-refractivity contribution is 0.192. The Morgan fingerprint density at radius 1 is 1.20 bits per heavy atom. The highest BCUT2D eigenvalue weighted by Gasteiger charge is 2.12. The minimum Gasteiger partial charge on any atom is -0.468 e. The first-order valence-electron chi connectivity index (χ1n) is 8.18. The number of nitrogens with zero attached hydrogens (tertiary/aromatic N) is 1. The number of hydrogen-bond acceptors (Lipinski definition) is 3. The van der Waals surface area contributed by atoms with E-state index in [0.29, 0.717) is 6.04 Å². The van der Waals surface area contributed by atoms with Crippen LogP contribution < -0.4 is 5.32 Å². The van der Waals surface area contributed by atoms with Gasteiger partial charge in [0.25, 0.3) is 0 Å². The molecule has 3 nitrogen and oxygen atoms in total. The average molecular weight is 280 g/mol. The van der Waals surface area contributed by atoms with Gasteiger partial charge in [-0.1, -0.05) is 26.7 Å². The summed E-state index contributed by atoms with van der Waals surface area (Å²) in [4.78, 5) is 2.50. The van der Waals surface area contributed by atoms with E-state index in [0.717, 1.165) is 31.9 Å². The van der Waals surface area contributed by atoms with Crippen LogP contribution in [0.3, 0.4) is 0 Å². The van der Waals surface area contributed by atoms with Crippen molar-refractivity contribution in [2.45, 2.75) is 72.5 Å². The summed E-state index contributed by atoms with van der Waals surface area (Å²) in [5, 5.41) is 3.41. The van der Waals surface area contributed by atoms with Crippen molar-refractivity contribution in [2.75, 3.05) is 13.1 Å². The van der Waals surface area contributed by atoms with Crippen LogP contribution in [0.1, 0.15) is 64.7 Å². The number of rotatable bonds is 11. The van der Waals surface area contributed by atoms with E-state index in [-0.39, 0.29) is 0 Å². The zero-order chi connectivity index (χ0) is 14.8. The van der Waals surface area contributed by atoms with Crippen LogP contribution in [0.5, 0.6) is 0 Å². The first kappa shape index (κ1) is 17.3. The molecular weight excluding hydrogens is 248 g/mol. The third kappa shape index (κ3) is 6.58. The molecule has 0 saturated carbocycles. The van der Waals surface area contributed by atoms with Crippen molar-refractivity contribution in [1.82, 2.24) is 10.2 Å². The molecule has 0 aliphatic heterocycles. The molecule has 0 fully saturated rings. The number of nitrogens with one attached hydrogen (secondary N) is 1. The summed E-state index contributed by atoms with van der Waals surface area (Å²) in [5.74, 6) is 1.09. The molecule has 116 valence electrons. The van der Waals surface area contributed by atoms with Gasteiger partial charge in [0.2, 0.25) is 0 Å². The molecule has 0 atom stereocenters. The van der Waals surface area contributed by atoms with E-state index in [1.54, 1.807) is 0 Å². The largest absolute Gasteiger partial charge is 0.468 e. The molecule has 0 spiro atoms. The number of unbranched alkanes of at least 4 members (excludes halogenated alkanes) is 2. The highest BCUT2D eigenvalue weighted by molar-refractivity contribution is 5.12. The molecule has 1 rings (SSSR count). The predicted octanol–water partition coefficient (Wildman–Crippen LogP) is 4.18. The second-order valence-electron chi connectivity index (χ2n) is 5.87. The molecule has 0 aliphatic rings. The minimum atomic E-state index is 0.568. The van der Waals surface area contributed by atoms with Crippen molar-refractivity contribution >= 4 is 0 Å². The Kier molecular flexibility index (Phi) is 8.63. The van der Waals surface area contributed by atoms with Crippen molar-refractivity contribution < 1.29 is 4.42 Å². The normalized spacial score (nSPS) is 11.7. The van der Waals surface area contributed by atoms with Crippen LogP contribution in [0, 0.1) is 0 Å². The third-order valence-electron chi connectivity index (χ3n) is 3.60. The van der Waals surface area contributed by atoms with Crippen molar-refractivity contribution in [3.8, 4) is 0 Å². The van der Waals surface area contributed by atoms with Gasteiger partial charge in [-0.05, 0) is 45.8 Å². The van der Waals surface area contributed by atoms with Gasteiger partial charge < -0.3 is 9.73 Å². The van der Waals surface area contributed by atoms with E-state index in [1.165, 1.54) is 31.2 Å². The second kappa shape index (κ2) is 10.0. The van der Waals surface area contributed by atoms with Gasteiger partial charge >= 0.3 is 0 Å². The zero-order valence-corrected chi connectivity index (χ0v) is 13.7. The van der Waals surface area contributed by atoms with Crippen LogP contribution in [0.4, 0.5) is 0 Å². The summed E-state index contributed by atoms with van der Waals surface area (Å²) in [6.45, 7) is 13.0. The minimum absolute atomic E-state index is 0.568. The number of hydrogen-bond donors (Lipinski definition) is 1. The van der Waals surface area contributed by atoms with Crippen LogP contribution in [-0.2, 0) is 13.1 Å². The fourth-order valence-electron chi connectivity index (χ4n) is 2.30. The molecule has 0 aliphatic carbocycles. The van der Waals surface area contributed by atoms with Gasteiger partial charge in [0.05, 0.1) is 12.8 Å². The zero-order valence-electron chi connectivity index (χ0n) is 13.7. The quantitative estimate of drug-likeness (QED) is 0.616. The summed E-state index contributed by atoms with van der Waals surface area (Å²) < 4.78 is 5.70. The molecule has 1 N–H and O–H groups in total. The molecule has 0 saturated heterocycles. The lowest BCUT2D eigenvalue weighted by atomic mass is 10.2. The van der Waals surface area contributed by atoms with E-state index < -0.39 is 0 Å². The highest BCUT2D eigenvalue weighted by atomic mass is 16.3. The maximum absolute atomic E-state index is 5.70. The van der Waals surface area contributed by atoms with Crippen molar-refractivity contribution in [3.05, 3.63) is 23.7 Å². The van der Waals surface area contributed by atoms with Crippen molar-refractivity contribution in [3.63, 3.8) is 0 Å². The third-order valence-corrected chi connectivity index (χ3v) is 3.60. The van der Waals surface area contributed by atoms with Crippen molar-refractivity contribution in [1.29, 1.82) is 0 Å². The Balaban J connectivity index is 2.43. The number of furan rings is 1. The topological polar surface area (TPSA) is 28.4 Å². The van der Waals surface area contributed by atoms with Crippen LogP contribution in [0.15, 0.2) is 16.7 Å². The van der Waals surface area contributed by atoms with Gasteiger partial charge in [-0.15, -0.1) is 0 Å². The molecule has 1 aromatic rings. The Labute approximate surface area is 124 Å². The fraction of sp³-hybridized carbons (Fsp3) is 0.765. The maximum Gasteiger partial charge on any atom is 0.118 e. The Bertz CT molecular complexity index is 347. The van der Waals surface area contributed by atoms with E-state index in [1.807, 2.05) is 6.26 Å². The fourth-order valence-corrected chi connectivity index (χ4v) is 2.30. The first-order chi connectivity index (χ1) is 9.67. The van der Waals surface area contributed by atoms with Crippen LogP contribution in [0.25, 0.3) is 0 Å². The highest BCUT2D eigenvalue weighted by Crippen LogP contribution is 2.13. The summed E-state index contributed by atoms with van der Waals surface area (Å²) >= 11 is 0. The van der Waals surface area contributed by atoms with Gasteiger partial charge in [-0.3, -0.25) is 4.90 Å². The van der Waals surface area contributed by atoms with E-state index >= 15 is 0 Å². The lowest BCUT2D eigenvalue weighted by Crippen LogP contribution is -2.31. The van der Waals surface area contributed by atoms with Gasteiger partial charge in [0, 0.05) is 18.2 Å². The second-order valence-corrected chi connectivity index (χ2v) is 5.87. The van der Waals surface area contributed by atoms with Gasteiger partial charge in [-0.2, -0.15) is 0 Å². The summed E-state index contributed by atoms with van der Waals surface area (Å²) in [6, 6.07) is 2.76. The molecule has 3 heteroatoms. The monoisotopic (exact) mass is 280 g/mol. The van der Waals surface area contributed by atoms with E-state index in [9.17, 15) is 0 Å². The Hall–Kier alpha value is -0.800. The van der Waals surface area contributed by atoms with Gasteiger partial charge in [0.1, 0.15) is 5.76 Å². The standard InChI is InChI=1S/C17H32N2O/c1-5-7-8-10-19(15(3)4)13-17-11-16(14-20-17)12-18-9-6-2/h11,14-15,18H,5-10,12-13H2,1-4H3. The average Bonchev–Trinajstić information content (AvgIpc) is 2.86. The molecule has 20 heavy (non-hydrogen) atoms. The summed E-state index contributed by atoms with van der Waals surface area (Å²) in [7, 11) is 0. The van der Waals surface area contributed by atoms with Crippen LogP contribution >= 0.6 is 0 Å².